The number of amidine groups is 1. The predicted octanol–water partition coefficient (Wildman–Crippen LogP) is 0.106. The second kappa shape index (κ2) is 10.1. The molecule has 1 aliphatic rings. The number of carbonyl (C=O) groups excluding carboxylic acids is 2. The monoisotopic (exact) mass is 539 g/mol. The molecule has 16 heteroatoms. The van der Waals surface area contributed by atoms with Crippen molar-refractivity contribution in [3.05, 3.63) is 40.9 Å². The van der Waals surface area contributed by atoms with Gasteiger partial charge in [-0.05, 0) is 45.0 Å². The van der Waals surface area contributed by atoms with Gasteiger partial charge in [0.15, 0.2) is 17.5 Å². The highest BCUT2D eigenvalue weighted by atomic mass is 32.2. The van der Waals surface area contributed by atoms with E-state index >= 15 is 0 Å². The highest BCUT2D eigenvalue weighted by Crippen LogP contribution is 2.23. The van der Waals surface area contributed by atoms with Crippen LogP contribution < -0.4 is 21.5 Å². The van der Waals surface area contributed by atoms with Crippen molar-refractivity contribution in [3.63, 3.8) is 0 Å². The number of thiazole rings is 1. The molecule has 2 atom stereocenters. The van der Waals surface area contributed by atoms with Crippen LogP contribution in [0.1, 0.15) is 32.0 Å². The van der Waals surface area contributed by atoms with E-state index in [1.54, 1.807) is 38.1 Å². The Morgan fingerprint density at radius 1 is 1.36 bits per heavy atom. The maximum Gasteiger partial charge on any atom is 0.362 e. The van der Waals surface area contributed by atoms with Crippen molar-refractivity contribution < 1.29 is 32.1 Å². The zero-order valence-electron chi connectivity index (χ0n) is 19.5. The molecule has 0 bridgehead atoms. The van der Waals surface area contributed by atoms with Crippen LogP contribution in [0.3, 0.4) is 0 Å². The number of oxime groups is 1. The molecule has 0 spiro atoms. The fourth-order valence-electron chi connectivity index (χ4n) is 3.22. The number of rotatable bonds is 10. The first-order valence-electron chi connectivity index (χ1n) is 10.4. The van der Waals surface area contributed by atoms with Crippen LogP contribution in [0.5, 0.6) is 5.75 Å². The molecule has 1 aromatic heterocycles. The highest BCUT2D eigenvalue weighted by molar-refractivity contribution is 7.84. The van der Waals surface area contributed by atoms with Crippen LogP contribution in [0.4, 0.5) is 5.13 Å². The fraction of sp³-hybridized carbons (Fsp3) is 0.350. The predicted molar refractivity (Wildman–Crippen MR) is 131 cm³/mol. The van der Waals surface area contributed by atoms with E-state index in [1.807, 2.05) is 0 Å². The number of aromatic nitrogens is 1. The largest absolute Gasteiger partial charge is 0.484 e. The number of hydrogen-bond donors (Lipinski definition) is 5. The molecule has 0 radical (unpaired) electrons. The number of nitrogens with two attached hydrogens (primary N) is 2. The average Bonchev–Trinajstić information content (AvgIpc) is 3.20. The number of β-lactam (4-membered cyclic amide) rings is 1. The zero-order chi connectivity index (χ0) is 26.8. The third-order valence-electron chi connectivity index (χ3n) is 4.98. The van der Waals surface area contributed by atoms with Crippen LogP contribution in [0.15, 0.2) is 34.8 Å². The normalized spacial score (nSPS) is 18.4. The summed E-state index contributed by atoms with van der Waals surface area (Å²) >= 11 is 1.05. The van der Waals surface area contributed by atoms with Crippen LogP contribution in [0.25, 0.3) is 0 Å². The van der Waals surface area contributed by atoms with Crippen molar-refractivity contribution in [2.45, 2.75) is 38.5 Å². The number of amides is 2. The van der Waals surface area contributed by atoms with Crippen molar-refractivity contribution in [2.75, 3.05) is 12.3 Å². The quantitative estimate of drug-likeness (QED) is 0.0900. The Hall–Kier alpha value is -3.76. The number of ether oxygens (including phenoxy) is 1. The minimum absolute atomic E-state index is 0.0735. The first-order chi connectivity index (χ1) is 16.7. The third-order valence-corrected chi connectivity index (χ3v) is 6.66. The van der Waals surface area contributed by atoms with E-state index in [-0.39, 0.29) is 33.3 Å². The zero-order valence-corrected chi connectivity index (χ0v) is 21.1. The second-order valence-corrected chi connectivity index (χ2v) is 10.6. The van der Waals surface area contributed by atoms with Gasteiger partial charge in [-0.15, -0.1) is 11.3 Å². The van der Waals surface area contributed by atoms with E-state index in [2.05, 4.69) is 15.5 Å². The smallest absolute Gasteiger partial charge is 0.362 e. The lowest BCUT2D eigenvalue weighted by molar-refractivity contribution is -0.143. The number of nitrogens with one attached hydrogen (secondary N) is 2. The maximum atomic E-state index is 12.9. The van der Waals surface area contributed by atoms with E-state index in [0.717, 1.165) is 11.3 Å². The number of nitrogen functional groups attached to an aromatic ring is 2. The van der Waals surface area contributed by atoms with Crippen molar-refractivity contribution >= 4 is 50.1 Å². The molecule has 2 amide bonds. The molecule has 1 fully saturated rings. The van der Waals surface area contributed by atoms with Gasteiger partial charge in [0.25, 0.3) is 11.8 Å². The Kier molecular flexibility index (Phi) is 7.51. The van der Waals surface area contributed by atoms with Gasteiger partial charge in [-0.25, -0.2) is 9.29 Å². The lowest BCUT2D eigenvalue weighted by Gasteiger charge is -2.42. The number of nitrogens with zero attached hydrogens (tertiary/aromatic N) is 3. The van der Waals surface area contributed by atoms with Crippen molar-refractivity contribution in [1.29, 1.82) is 5.41 Å². The van der Waals surface area contributed by atoms with E-state index in [9.17, 15) is 18.0 Å². The molecule has 0 saturated carbocycles. The molecule has 14 nitrogen and oxygen atoms in total. The Balaban J connectivity index is 1.71. The molecule has 0 aliphatic carbocycles. The van der Waals surface area contributed by atoms with E-state index in [0.29, 0.717) is 11.3 Å². The van der Waals surface area contributed by atoms with Crippen molar-refractivity contribution in [2.24, 2.45) is 10.9 Å². The molecule has 2 aromatic rings. The molecule has 2 heterocycles. The van der Waals surface area contributed by atoms with Crippen molar-refractivity contribution in [3.8, 4) is 5.75 Å². The Morgan fingerprint density at radius 3 is 2.50 bits per heavy atom. The van der Waals surface area contributed by atoms with Gasteiger partial charge in [-0.3, -0.25) is 19.6 Å². The molecule has 36 heavy (non-hydrogen) atoms. The van der Waals surface area contributed by atoms with E-state index in [1.165, 1.54) is 12.3 Å². The Labute approximate surface area is 210 Å². The van der Waals surface area contributed by atoms with Crippen LogP contribution in [-0.4, -0.2) is 69.9 Å². The van der Waals surface area contributed by atoms with Crippen LogP contribution >= 0.6 is 11.3 Å². The highest BCUT2D eigenvalue weighted by Gasteiger charge is 2.51. The molecule has 2 unspecified atom stereocenters. The van der Waals surface area contributed by atoms with Gasteiger partial charge in [0, 0.05) is 10.9 Å². The standard InChI is InChI=1S/C20H25N7O7S2/c1-10-14(18(29)27(10)36(30,31)32)25-17(28)15(13-8-35-19(23)24-13)26-33-9-20(2,3)34-12-6-4-11(5-7-12)16(21)22/h4-8,10,14H,9H2,1-3H3,(H3,21,22)(H2,23,24)(H,25,28)(H,30,31,32)/b26-15-. The van der Waals surface area contributed by atoms with E-state index in [4.69, 9.17) is 31.0 Å². The number of anilines is 1. The van der Waals surface area contributed by atoms with Gasteiger partial charge in [0.1, 0.15) is 28.9 Å². The molecule has 1 saturated heterocycles. The summed E-state index contributed by atoms with van der Waals surface area (Å²) in [6, 6.07) is 4.33. The lowest BCUT2D eigenvalue weighted by Crippen LogP contribution is -2.71. The summed E-state index contributed by atoms with van der Waals surface area (Å²) in [5.74, 6) is -1.44. The summed E-state index contributed by atoms with van der Waals surface area (Å²) in [7, 11) is -4.75. The first-order valence-corrected chi connectivity index (χ1v) is 12.6. The molecular formula is C20H25N7O7S2. The van der Waals surface area contributed by atoms with E-state index < -0.39 is 39.8 Å². The lowest BCUT2D eigenvalue weighted by atomic mass is 10.0. The van der Waals surface area contributed by atoms with Gasteiger partial charge in [-0.1, -0.05) is 5.16 Å². The summed E-state index contributed by atoms with van der Waals surface area (Å²) in [5, 5.41) is 15.3. The Morgan fingerprint density at radius 2 is 2.00 bits per heavy atom. The van der Waals surface area contributed by atoms with Crippen LogP contribution in [0.2, 0.25) is 0 Å². The van der Waals surface area contributed by atoms with Gasteiger partial charge in [0.2, 0.25) is 0 Å². The molecule has 194 valence electrons. The summed E-state index contributed by atoms with van der Waals surface area (Å²) in [5.41, 5.74) is 10.5. The number of benzene rings is 1. The molecule has 1 aliphatic heterocycles. The van der Waals surface area contributed by atoms with Gasteiger partial charge < -0.3 is 26.4 Å². The minimum Gasteiger partial charge on any atom is -0.484 e. The maximum absolute atomic E-state index is 12.9. The summed E-state index contributed by atoms with van der Waals surface area (Å²) in [4.78, 5) is 34.4. The van der Waals surface area contributed by atoms with Gasteiger partial charge in [-0.2, -0.15) is 8.42 Å². The molecular weight excluding hydrogens is 514 g/mol. The van der Waals surface area contributed by atoms with Crippen LogP contribution in [-0.2, 0) is 24.7 Å². The molecule has 3 rings (SSSR count). The van der Waals surface area contributed by atoms with Crippen LogP contribution in [0, 0.1) is 5.41 Å². The number of carbonyl (C=O) groups is 2. The SMILES string of the molecule is CC1C(NC(=O)/C(=N\OCC(C)(C)Oc2ccc(C(=N)N)cc2)c2csc(N)n2)C(=O)N1S(=O)(=O)O. The summed E-state index contributed by atoms with van der Waals surface area (Å²) in [6.45, 7) is 4.69. The minimum atomic E-state index is -4.75. The molecule has 7 N–H and O–H groups in total. The third kappa shape index (κ3) is 6.07. The average molecular weight is 540 g/mol. The van der Waals surface area contributed by atoms with Gasteiger partial charge in [0.05, 0.1) is 6.04 Å². The summed E-state index contributed by atoms with van der Waals surface area (Å²) < 4.78 is 37.9. The summed E-state index contributed by atoms with van der Waals surface area (Å²) in [6.07, 6.45) is 0. The topological polar surface area (TPSA) is 223 Å². The number of hydrogen-bond acceptors (Lipinski definition) is 11. The Bertz CT molecular complexity index is 1310. The molecule has 1 aromatic carbocycles. The second-order valence-electron chi connectivity index (χ2n) is 8.39. The first kappa shape index (κ1) is 26.8. The van der Waals surface area contributed by atoms with Crippen molar-refractivity contribution in [1.82, 2.24) is 14.6 Å². The fourth-order valence-corrected chi connectivity index (χ4v) is 4.65. The van der Waals surface area contributed by atoms with Gasteiger partial charge >= 0.3 is 10.3 Å².